The number of esters is 1. The molecule has 0 bridgehead atoms. The third kappa shape index (κ3) is 3.77. The normalized spacial score (nSPS) is 17.2. The van der Waals surface area contributed by atoms with Gasteiger partial charge in [-0.05, 0) is 24.8 Å². The summed E-state index contributed by atoms with van der Waals surface area (Å²) < 4.78 is 6.40. The Morgan fingerprint density at radius 2 is 2.31 bits per heavy atom. The number of halogens is 1. The van der Waals surface area contributed by atoms with Gasteiger partial charge >= 0.3 is 5.97 Å². The molecule has 0 amide bonds. The van der Waals surface area contributed by atoms with Gasteiger partial charge < -0.3 is 9.64 Å². The molecule has 1 unspecified atom stereocenters. The van der Waals surface area contributed by atoms with E-state index in [9.17, 15) is 14.9 Å². The zero-order valence-corrected chi connectivity index (χ0v) is 14.9. The lowest BCUT2D eigenvalue weighted by atomic mass is 9.97. The van der Waals surface area contributed by atoms with Gasteiger partial charge in [0.05, 0.1) is 22.6 Å². The number of rotatable bonds is 5. The number of hydrogen-bond acceptors (Lipinski definition) is 7. The Balaban J connectivity index is 1.88. The molecule has 0 radical (unpaired) electrons. The molecule has 1 aliphatic heterocycles. The number of methoxy groups -OCH3 is 1. The van der Waals surface area contributed by atoms with E-state index in [2.05, 4.69) is 14.8 Å². The highest BCUT2D eigenvalue weighted by Crippen LogP contribution is 2.36. The van der Waals surface area contributed by atoms with Gasteiger partial charge in [0.25, 0.3) is 5.69 Å². The van der Waals surface area contributed by atoms with Crippen molar-refractivity contribution in [2.45, 2.75) is 19.4 Å². The number of carbonyl (C=O) groups excluding carboxylic acids is 1. The fourth-order valence-electron chi connectivity index (χ4n) is 3.24. The highest BCUT2D eigenvalue weighted by molar-refractivity contribution is 6.34. The average molecular weight is 380 g/mol. The number of nitro groups is 1. The Labute approximate surface area is 154 Å². The van der Waals surface area contributed by atoms with Crippen LogP contribution in [0, 0.1) is 16.0 Å². The standard InChI is InChI=1S/C16H18ClN5O4/c1-26-16(23)12-5-15(22(24)25)14(6-13(12)17)20-4-2-3-11(7-20)8-21-10-18-9-19-21/h5-6,9-11H,2-4,7-8H2,1H3. The summed E-state index contributed by atoms with van der Waals surface area (Å²) in [6.07, 6.45) is 5.03. The summed E-state index contributed by atoms with van der Waals surface area (Å²) in [6.45, 7) is 2.01. The summed E-state index contributed by atoms with van der Waals surface area (Å²) in [4.78, 5) is 28.7. The van der Waals surface area contributed by atoms with E-state index in [0.29, 0.717) is 25.3 Å². The lowest BCUT2D eigenvalue weighted by molar-refractivity contribution is -0.384. The van der Waals surface area contributed by atoms with Crippen molar-refractivity contribution in [1.82, 2.24) is 14.8 Å². The molecule has 1 aromatic carbocycles. The van der Waals surface area contributed by atoms with E-state index in [1.54, 1.807) is 11.0 Å². The molecule has 3 rings (SSSR count). The number of piperidine rings is 1. The molecule has 1 aromatic heterocycles. The van der Waals surface area contributed by atoms with Crippen LogP contribution in [0.2, 0.25) is 5.02 Å². The smallest absolute Gasteiger partial charge is 0.339 e. The minimum absolute atomic E-state index is 0.0132. The molecule has 1 atom stereocenters. The van der Waals surface area contributed by atoms with Gasteiger partial charge in [0.15, 0.2) is 0 Å². The largest absolute Gasteiger partial charge is 0.465 e. The van der Waals surface area contributed by atoms with Crippen LogP contribution in [0.15, 0.2) is 24.8 Å². The molecule has 1 fully saturated rings. The first-order valence-corrected chi connectivity index (χ1v) is 8.51. The van der Waals surface area contributed by atoms with Gasteiger partial charge in [-0.1, -0.05) is 11.6 Å². The number of carbonyl (C=O) groups is 1. The molecule has 2 heterocycles. The fraction of sp³-hybridized carbons (Fsp3) is 0.438. The van der Waals surface area contributed by atoms with Crippen molar-refractivity contribution in [2.75, 3.05) is 25.1 Å². The van der Waals surface area contributed by atoms with Crippen LogP contribution >= 0.6 is 11.6 Å². The van der Waals surface area contributed by atoms with Crippen LogP contribution in [-0.2, 0) is 11.3 Å². The second-order valence-corrected chi connectivity index (χ2v) is 6.55. The third-order valence-corrected chi connectivity index (χ3v) is 4.75. The maximum Gasteiger partial charge on any atom is 0.339 e. The Bertz CT molecular complexity index is 811. The van der Waals surface area contributed by atoms with Gasteiger partial charge in [-0.25, -0.2) is 9.78 Å². The highest BCUT2D eigenvalue weighted by atomic mass is 35.5. The van der Waals surface area contributed by atoms with Gasteiger partial charge in [0.1, 0.15) is 18.3 Å². The van der Waals surface area contributed by atoms with Crippen molar-refractivity contribution in [3.05, 3.63) is 45.5 Å². The molecular formula is C16H18ClN5O4. The number of aromatic nitrogens is 3. The predicted octanol–water partition coefficient (Wildman–Crippen LogP) is 2.54. The van der Waals surface area contributed by atoms with E-state index in [0.717, 1.165) is 12.8 Å². The summed E-state index contributed by atoms with van der Waals surface area (Å²) in [6, 6.07) is 2.66. The Kier molecular flexibility index (Phi) is 5.36. The van der Waals surface area contributed by atoms with E-state index < -0.39 is 10.9 Å². The highest BCUT2D eigenvalue weighted by Gasteiger charge is 2.28. The van der Waals surface area contributed by atoms with Gasteiger partial charge in [-0.3, -0.25) is 14.8 Å². The van der Waals surface area contributed by atoms with Crippen LogP contribution in [0.1, 0.15) is 23.2 Å². The molecule has 1 saturated heterocycles. The predicted molar refractivity (Wildman–Crippen MR) is 94.4 cm³/mol. The van der Waals surface area contributed by atoms with Crippen LogP contribution in [-0.4, -0.2) is 45.9 Å². The maximum absolute atomic E-state index is 11.8. The number of nitro benzene ring substituents is 1. The Hall–Kier alpha value is -2.68. The summed E-state index contributed by atoms with van der Waals surface area (Å²) >= 11 is 6.18. The molecule has 0 aliphatic carbocycles. The number of ether oxygens (including phenoxy) is 1. The van der Waals surface area contributed by atoms with Crippen molar-refractivity contribution in [2.24, 2.45) is 5.92 Å². The summed E-state index contributed by atoms with van der Waals surface area (Å²) in [5, 5.41) is 15.8. The second-order valence-electron chi connectivity index (χ2n) is 6.14. The molecule has 1 aliphatic rings. The summed E-state index contributed by atoms with van der Waals surface area (Å²) in [5.41, 5.74) is 0.243. The van der Waals surface area contributed by atoms with Crippen molar-refractivity contribution < 1.29 is 14.5 Å². The quantitative estimate of drug-likeness (QED) is 0.446. The number of nitrogens with zero attached hydrogens (tertiary/aromatic N) is 5. The monoisotopic (exact) mass is 379 g/mol. The average Bonchev–Trinajstić information content (AvgIpc) is 3.13. The number of benzene rings is 1. The first-order chi connectivity index (χ1) is 12.5. The zero-order chi connectivity index (χ0) is 18.7. The topological polar surface area (TPSA) is 103 Å². The van der Waals surface area contributed by atoms with E-state index in [4.69, 9.17) is 11.6 Å². The van der Waals surface area contributed by atoms with Crippen molar-refractivity contribution in [1.29, 1.82) is 0 Å². The van der Waals surface area contributed by atoms with E-state index >= 15 is 0 Å². The van der Waals surface area contributed by atoms with Gasteiger partial charge in [0.2, 0.25) is 0 Å². The molecular weight excluding hydrogens is 362 g/mol. The minimum Gasteiger partial charge on any atom is -0.465 e. The molecule has 138 valence electrons. The van der Waals surface area contributed by atoms with Crippen molar-refractivity contribution in [3.8, 4) is 0 Å². The van der Waals surface area contributed by atoms with Crippen molar-refractivity contribution in [3.63, 3.8) is 0 Å². The van der Waals surface area contributed by atoms with Crippen LogP contribution in [0.3, 0.4) is 0 Å². The van der Waals surface area contributed by atoms with Gasteiger partial charge in [0, 0.05) is 25.7 Å². The lowest BCUT2D eigenvalue weighted by Crippen LogP contribution is -2.37. The SMILES string of the molecule is COC(=O)c1cc([N+](=O)[O-])c(N2CCCC(Cn3cncn3)C2)cc1Cl. The molecule has 10 heteroatoms. The molecule has 0 spiro atoms. The Morgan fingerprint density at radius 3 is 2.96 bits per heavy atom. The lowest BCUT2D eigenvalue weighted by Gasteiger charge is -2.34. The maximum atomic E-state index is 11.8. The number of anilines is 1. The molecule has 0 N–H and O–H groups in total. The molecule has 26 heavy (non-hydrogen) atoms. The minimum atomic E-state index is -0.702. The molecule has 0 saturated carbocycles. The van der Waals surface area contributed by atoms with Crippen molar-refractivity contribution >= 4 is 28.9 Å². The van der Waals surface area contributed by atoms with Crippen LogP contribution in [0.25, 0.3) is 0 Å². The van der Waals surface area contributed by atoms with E-state index in [1.807, 2.05) is 4.90 Å². The van der Waals surface area contributed by atoms with E-state index in [1.165, 1.54) is 25.6 Å². The first kappa shape index (κ1) is 18.1. The van der Waals surface area contributed by atoms with Gasteiger partial charge in [-0.15, -0.1) is 0 Å². The van der Waals surface area contributed by atoms with Crippen LogP contribution in [0.4, 0.5) is 11.4 Å². The molecule has 2 aromatic rings. The Morgan fingerprint density at radius 1 is 1.50 bits per heavy atom. The number of hydrogen-bond donors (Lipinski definition) is 0. The summed E-state index contributed by atoms with van der Waals surface area (Å²) in [5.74, 6) is -0.420. The van der Waals surface area contributed by atoms with Crippen LogP contribution in [0.5, 0.6) is 0 Å². The van der Waals surface area contributed by atoms with E-state index in [-0.39, 0.29) is 22.2 Å². The third-order valence-electron chi connectivity index (χ3n) is 4.44. The van der Waals surface area contributed by atoms with Gasteiger partial charge in [-0.2, -0.15) is 5.10 Å². The second kappa shape index (κ2) is 7.69. The fourth-order valence-corrected chi connectivity index (χ4v) is 3.48. The summed E-state index contributed by atoms with van der Waals surface area (Å²) in [7, 11) is 1.21. The molecule has 9 nitrogen and oxygen atoms in total. The first-order valence-electron chi connectivity index (χ1n) is 8.13. The zero-order valence-electron chi connectivity index (χ0n) is 14.2. The van der Waals surface area contributed by atoms with Crippen LogP contribution < -0.4 is 4.90 Å².